The summed E-state index contributed by atoms with van der Waals surface area (Å²) in [6, 6.07) is 3.09. The Morgan fingerprint density at radius 1 is 1.45 bits per heavy atom. The summed E-state index contributed by atoms with van der Waals surface area (Å²) in [5.41, 5.74) is -0.400. The van der Waals surface area contributed by atoms with Crippen LogP contribution in [0.15, 0.2) is 11.1 Å². The second-order valence-electron chi connectivity index (χ2n) is 6.34. The van der Waals surface area contributed by atoms with Gasteiger partial charge in [-0.1, -0.05) is 23.1 Å². The average Bonchev–Trinajstić information content (AvgIpc) is 3.36. The summed E-state index contributed by atoms with van der Waals surface area (Å²) >= 11 is 2.10. The van der Waals surface area contributed by atoms with Crippen LogP contribution in [0.2, 0.25) is 0 Å². The summed E-state index contributed by atoms with van der Waals surface area (Å²) < 4.78 is 44.4. The topological polar surface area (TPSA) is 87.9 Å². The number of carbonyl (C=O) groups excluding carboxylic acids is 1. The normalized spacial score (nSPS) is 13.8. The summed E-state index contributed by atoms with van der Waals surface area (Å²) in [4.78, 5) is 20.6. The molecule has 0 aliphatic heterocycles. The van der Waals surface area contributed by atoms with Gasteiger partial charge in [0.25, 0.3) is 0 Å². The number of carbonyl (C=O) groups is 1. The molecule has 29 heavy (non-hydrogen) atoms. The predicted molar refractivity (Wildman–Crippen MR) is 103 cm³/mol. The van der Waals surface area contributed by atoms with Crippen molar-refractivity contribution >= 4 is 34.2 Å². The molecule has 0 bridgehead atoms. The van der Waals surface area contributed by atoms with Crippen molar-refractivity contribution in [2.24, 2.45) is 0 Å². The number of halogens is 3. The zero-order valence-corrected chi connectivity index (χ0v) is 17.2. The molecule has 2 aromatic heterocycles. The molecule has 0 radical (unpaired) electrons. The highest BCUT2D eigenvalue weighted by Gasteiger charge is 2.34. The molecule has 1 saturated carbocycles. The Balaban J connectivity index is 1.88. The van der Waals surface area contributed by atoms with E-state index < -0.39 is 17.8 Å². The van der Waals surface area contributed by atoms with Crippen molar-refractivity contribution < 1.29 is 22.7 Å². The molecule has 0 unspecified atom stereocenters. The first-order valence-electron chi connectivity index (χ1n) is 8.78. The van der Waals surface area contributed by atoms with E-state index >= 15 is 0 Å². The largest absolute Gasteiger partial charge is 0.462 e. The van der Waals surface area contributed by atoms with Crippen LogP contribution in [0.4, 0.5) is 18.3 Å². The van der Waals surface area contributed by atoms with Crippen molar-refractivity contribution in [1.82, 2.24) is 9.97 Å². The number of nitriles is 1. The molecule has 1 aliphatic rings. The third-order valence-electron chi connectivity index (χ3n) is 3.99. The number of nitrogens with one attached hydrogen (secondary N) is 1. The van der Waals surface area contributed by atoms with Gasteiger partial charge in [0.15, 0.2) is 5.13 Å². The van der Waals surface area contributed by atoms with E-state index in [1.807, 2.05) is 6.07 Å². The summed E-state index contributed by atoms with van der Waals surface area (Å²) in [5.74, 6) is -0.447. The van der Waals surface area contributed by atoms with Gasteiger partial charge in [-0.25, -0.2) is 14.8 Å². The second kappa shape index (κ2) is 8.59. The van der Waals surface area contributed by atoms with Crippen molar-refractivity contribution in [3.05, 3.63) is 33.5 Å². The maximum atomic E-state index is 13.1. The van der Waals surface area contributed by atoms with Gasteiger partial charge in [-0.2, -0.15) is 18.4 Å². The van der Waals surface area contributed by atoms with E-state index in [2.05, 4.69) is 15.3 Å². The van der Waals surface area contributed by atoms with Crippen molar-refractivity contribution in [2.75, 3.05) is 11.9 Å². The number of aryl methyl sites for hydroxylation is 1. The number of pyridine rings is 1. The summed E-state index contributed by atoms with van der Waals surface area (Å²) in [7, 11) is 0. The lowest BCUT2D eigenvalue weighted by atomic mass is 10.1. The zero-order chi connectivity index (χ0) is 21.2. The van der Waals surface area contributed by atoms with Crippen molar-refractivity contribution in [3.8, 4) is 6.07 Å². The van der Waals surface area contributed by atoms with Gasteiger partial charge in [0, 0.05) is 11.8 Å². The number of hydrogen-bond acceptors (Lipinski definition) is 8. The first kappa shape index (κ1) is 21.4. The number of thioether (sulfide) groups is 1. The first-order chi connectivity index (χ1) is 13.7. The van der Waals surface area contributed by atoms with Crippen LogP contribution in [0, 0.1) is 18.3 Å². The van der Waals surface area contributed by atoms with Crippen LogP contribution in [0.3, 0.4) is 0 Å². The molecule has 3 rings (SSSR count). The first-order valence-corrected chi connectivity index (χ1v) is 10.6. The van der Waals surface area contributed by atoms with Gasteiger partial charge in [-0.3, -0.25) is 0 Å². The maximum absolute atomic E-state index is 13.1. The van der Waals surface area contributed by atoms with E-state index in [0.717, 1.165) is 42.0 Å². The number of aromatic nitrogens is 2. The van der Waals surface area contributed by atoms with Gasteiger partial charge in [-0.05, 0) is 38.3 Å². The number of rotatable bonds is 7. The second-order valence-corrected chi connectivity index (χ2v) is 8.30. The predicted octanol–water partition coefficient (Wildman–Crippen LogP) is 4.78. The lowest BCUT2D eigenvalue weighted by molar-refractivity contribution is -0.141. The quantitative estimate of drug-likeness (QED) is 0.488. The van der Waals surface area contributed by atoms with Crippen molar-refractivity contribution in [3.63, 3.8) is 0 Å². The zero-order valence-electron chi connectivity index (χ0n) is 15.6. The number of thiazole rings is 1. The highest BCUT2D eigenvalue weighted by atomic mass is 32.2. The number of esters is 1. The Morgan fingerprint density at radius 3 is 2.76 bits per heavy atom. The van der Waals surface area contributed by atoms with Crippen LogP contribution in [-0.2, 0) is 16.7 Å². The molecule has 0 atom stereocenters. The van der Waals surface area contributed by atoms with Crippen LogP contribution in [0.25, 0.3) is 0 Å². The molecule has 1 N–H and O–H groups in total. The molecule has 0 aromatic carbocycles. The Labute approximate surface area is 173 Å². The lowest BCUT2D eigenvalue weighted by Gasteiger charge is -2.11. The van der Waals surface area contributed by atoms with Crippen molar-refractivity contribution in [2.45, 2.75) is 49.7 Å². The Morgan fingerprint density at radius 2 is 2.17 bits per heavy atom. The molecule has 2 heterocycles. The van der Waals surface area contributed by atoms with Crippen LogP contribution in [0.1, 0.15) is 52.0 Å². The minimum atomic E-state index is -4.62. The molecule has 1 aliphatic carbocycles. The minimum Gasteiger partial charge on any atom is -0.462 e. The molecule has 1 fully saturated rings. The molecule has 11 heteroatoms. The van der Waals surface area contributed by atoms with Gasteiger partial charge in [0.05, 0.1) is 17.9 Å². The van der Waals surface area contributed by atoms with Gasteiger partial charge in [0.1, 0.15) is 21.7 Å². The van der Waals surface area contributed by atoms with Gasteiger partial charge in [0.2, 0.25) is 0 Å². The molecule has 0 amide bonds. The Bertz CT molecular complexity index is 965. The van der Waals surface area contributed by atoms with E-state index in [0.29, 0.717) is 21.7 Å². The van der Waals surface area contributed by atoms with Crippen LogP contribution < -0.4 is 5.32 Å². The number of hydrogen-bond donors (Lipinski definition) is 1. The van der Waals surface area contributed by atoms with E-state index in [-0.39, 0.29) is 28.5 Å². The number of nitrogens with zero attached hydrogens (tertiary/aromatic N) is 3. The molecule has 2 aromatic rings. The molecule has 0 saturated heterocycles. The van der Waals surface area contributed by atoms with Crippen molar-refractivity contribution in [1.29, 1.82) is 5.26 Å². The number of ether oxygens (including phenoxy) is 1. The van der Waals surface area contributed by atoms with Crippen LogP contribution in [0.5, 0.6) is 0 Å². The molecule has 6 nitrogen and oxygen atoms in total. The molecule has 154 valence electrons. The van der Waals surface area contributed by atoms with E-state index in [9.17, 15) is 23.2 Å². The smallest absolute Gasteiger partial charge is 0.433 e. The number of alkyl halides is 3. The average molecular weight is 442 g/mol. The summed E-state index contributed by atoms with van der Waals surface area (Å²) in [6.45, 7) is 3.32. The Hall–Kier alpha value is -2.32. The van der Waals surface area contributed by atoms with Gasteiger partial charge in [-0.15, -0.1) is 0 Å². The highest BCUT2D eigenvalue weighted by molar-refractivity contribution is 7.98. The number of anilines is 1. The van der Waals surface area contributed by atoms with E-state index in [1.54, 1.807) is 6.92 Å². The summed E-state index contributed by atoms with van der Waals surface area (Å²) in [5, 5.41) is 13.1. The maximum Gasteiger partial charge on any atom is 0.433 e. The summed E-state index contributed by atoms with van der Waals surface area (Å²) in [6.07, 6.45) is -2.57. The molecular weight excluding hydrogens is 425 g/mol. The third kappa shape index (κ3) is 5.19. The fourth-order valence-electron chi connectivity index (χ4n) is 2.44. The van der Waals surface area contributed by atoms with Crippen LogP contribution >= 0.6 is 23.1 Å². The van der Waals surface area contributed by atoms with Crippen LogP contribution in [-0.4, -0.2) is 28.6 Å². The van der Waals surface area contributed by atoms with E-state index in [1.165, 1.54) is 6.92 Å². The Kier molecular flexibility index (Phi) is 6.33. The molecule has 0 spiro atoms. The van der Waals surface area contributed by atoms with Gasteiger partial charge >= 0.3 is 12.1 Å². The standard InChI is InChI=1S/C18H17F3N4O2S2/c1-3-27-16(26)14-12(24-17(29-14)23-10-4-5-10)8-28-15-11(7-22)9(2)6-13(25-15)18(19,20)21/h6,10H,3-5,8H2,1-2H3,(H,23,24). The highest BCUT2D eigenvalue weighted by Crippen LogP contribution is 2.36. The fourth-order valence-corrected chi connectivity index (χ4v) is 4.48. The monoisotopic (exact) mass is 442 g/mol. The fraction of sp³-hybridized carbons (Fsp3) is 0.444. The minimum absolute atomic E-state index is 0.0423. The SMILES string of the molecule is CCOC(=O)c1sc(NC2CC2)nc1CSc1nc(C(F)(F)F)cc(C)c1C#N. The lowest BCUT2D eigenvalue weighted by Crippen LogP contribution is -2.10. The van der Waals surface area contributed by atoms with E-state index in [4.69, 9.17) is 4.74 Å². The third-order valence-corrected chi connectivity index (χ3v) is 5.99. The molecular formula is C18H17F3N4O2S2. The van der Waals surface area contributed by atoms with Gasteiger partial charge < -0.3 is 10.1 Å².